The SMILES string of the molecule is CCOC(=O)c1cnc2c(C)c(Cl)ccc2c1Nc1ccc(CC)cc1. The van der Waals surface area contributed by atoms with Gasteiger partial charge in [-0.3, -0.25) is 4.98 Å². The molecule has 3 rings (SSSR count). The zero-order valence-corrected chi connectivity index (χ0v) is 15.9. The summed E-state index contributed by atoms with van der Waals surface area (Å²) in [4.78, 5) is 16.9. The van der Waals surface area contributed by atoms with Crippen LogP contribution in [0.2, 0.25) is 5.02 Å². The van der Waals surface area contributed by atoms with Crippen molar-refractivity contribution in [2.45, 2.75) is 27.2 Å². The van der Waals surface area contributed by atoms with Gasteiger partial charge in [0.2, 0.25) is 0 Å². The highest BCUT2D eigenvalue weighted by atomic mass is 35.5. The molecule has 0 saturated carbocycles. The third-order valence-electron chi connectivity index (χ3n) is 4.35. The van der Waals surface area contributed by atoms with E-state index in [1.807, 2.05) is 31.2 Å². The van der Waals surface area contributed by atoms with Crippen molar-refractivity contribution in [1.82, 2.24) is 4.98 Å². The second-order valence-corrected chi connectivity index (χ2v) is 6.42. The maximum atomic E-state index is 12.4. The number of nitrogens with zero attached hydrogens (tertiary/aromatic N) is 1. The zero-order valence-electron chi connectivity index (χ0n) is 15.1. The average Bonchev–Trinajstić information content (AvgIpc) is 2.65. The Morgan fingerprint density at radius 2 is 1.88 bits per heavy atom. The molecular formula is C21H21ClN2O2. The predicted molar refractivity (Wildman–Crippen MR) is 107 cm³/mol. The molecular weight excluding hydrogens is 348 g/mol. The van der Waals surface area contributed by atoms with E-state index in [1.165, 1.54) is 5.56 Å². The Balaban J connectivity index is 2.15. The molecule has 1 aromatic heterocycles. The quantitative estimate of drug-likeness (QED) is 0.588. The number of hydrogen-bond donors (Lipinski definition) is 1. The molecule has 0 spiro atoms. The molecule has 26 heavy (non-hydrogen) atoms. The van der Waals surface area contributed by atoms with Crippen LogP contribution in [0.5, 0.6) is 0 Å². The molecule has 0 atom stereocenters. The molecule has 0 aliphatic carbocycles. The van der Waals surface area contributed by atoms with Crippen LogP contribution in [0.25, 0.3) is 10.9 Å². The lowest BCUT2D eigenvalue weighted by Crippen LogP contribution is -2.09. The number of aromatic nitrogens is 1. The lowest BCUT2D eigenvalue weighted by molar-refractivity contribution is 0.0527. The molecule has 3 aromatic rings. The molecule has 0 bridgehead atoms. The molecule has 0 aliphatic rings. The van der Waals surface area contributed by atoms with Gasteiger partial charge in [0.1, 0.15) is 5.56 Å². The van der Waals surface area contributed by atoms with Gasteiger partial charge < -0.3 is 10.1 Å². The summed E-state index contributed by atoms with van der Waals surface area (Å²) in [5.41, 5.74) is 4.87. The molecule has 4 nitrogen and oxygen atoms in total. The van der Waals surface area contributed by atoms with Crippen LogP contribution in [0.4, 0.5) is 11.4 Å². The lowest BCUT2D eigenvalue weighted by atomic mass is 10.1. The van der Waals surface area contributed by atoms with E-state index in [-0.39, 0.29) is 0 Å². The number of hydrogen-bond acceptors (Lipinski definition) is 4. The number of aryl methyl sites for hydroxylation is 2. The van der Waals surface area contributed by atoms with Gasteiger partial charge in [0.05, 0.1) is 17.8 Å². The molecule has 0 fully saturated rings. The first-order valence-electron chi connectivity index (χ1n) is 8.66. The summed E-state index contributed by atoms with van der Waals surface area (Å²) < 4.78 is 5.20. The second-order valence-electron chi connectivity index (χ2n) is 6.01. The summed E-state index contributed by atoms with van der Waals surface area (Å²) in [6.45, 7) is 6.12. The van der Waals surface area contributed by atoms with Gasteiger partial charge in [-0.15, -0.1) is 0 Å². The standard InChI is InChI=1S/C21H21ClN2O2/c1-4-14-6-8-15(9-7-14)24-20-16-10-11-18(22)13(3)19(16)23-12-17(20)21(25)26-5-2/h6-12H,4-5H2,1-3H3,(H,23,24). The fraction of sp³-hybridized carbons (Fsp3) is 0.238. The number of pyridine rings is 1. The summed E-state index contributed by atoms with van der Waals surface area (Å²) >= 11 is 6.23. The number of rotatable bonds is 5. The first-order valence-corrected chi connectivity index (χ1v) is 9.03. The molecule has 0 amide bonds. The van der Waals surface area contributed by atoms with E-state index in [4.69, 9.17) is 16.3 Å². The molecule has 134 valence electrons. The highest BCUT2D eigenvalue weighted by Gasteiger charge is 2.18. The summed E-state index contributed by atoms with van der Waals surface area (Å²) in [6.07, 6.45) is 2.52. The van der Waals surface area contributed by atoms with E-state index in [0.29, 0.717) is 22.9 Å². The zero-order chi connectivity index (χ0) is 18.7. The lowest BCUT2D eigenvalue weighted by Gasteiger charge is -2.15. The van der Waals surface area contributed by atoms with Gasteiger partial charge in [-0.25, -0.2) is 4.79 Å². The highest BCUT2D eigenvalue weighted by Crippen LogP contribution is 2.33. The number of anilines is 2. The third-order valence-corrected chi connectivity index (χ3v) is 4.76. The first-order chi connectivity index (χ1) is 12.5. The molecule has 1 N–H and O–H groups in total. The van der Waals surface area contributed by atoms with Gasteiger partial charge in [-0.05, 0) is 55.7 Å². The van der Waals surface area contributed by atoms with Gasteiger partial charge in [0, 0.05) is 22.3 Å². The Bertz CT molecular complexity index is 952. The summed E-state index contributed by atoms with van der Waals surface area (Å²) in [6, 6.07) is 11.8. The second kappa shape index (κ2) is 7.75. The number of carbonyl (C=O) groups is 1. The monoisotopic (exact) mass is 368 g/mol. The number of carbonyl (C=O) groups excluding carboxylic acids is 1. The molecule has 5 heteroatoms. The number of ether oxygens (including phenoxy) is 1. The van der Waals surface area contributed by atoms with Gasteiger partial charge >= 0.3 is 5.97 Å². The highest BCUT2D eigenvalue weighted by molar-refractivity contribution is 6.32. The Kier molecular flexibility index (Phi) is 5.43. The summed E-state index contributed by atoms with van der Waals surface area (Å²) in [5.74, 6) is -0.401. The van der Waals surface area contributed by atoms with Crippen molar-refractivity contribution in [1.29, 1.82) is 0 Å². The van der Waals surface area contributed by atoms with Crippen LogP contribution in [0.3, 0.4) is 0 Å². The van der Waals surface area contributed by atoms with Crippen molar-refractivity contribution >= 4 is 39.8 Å². The minimum atomic E-state index is -0.401. The van der Waals surface area contributed by atoms with Crippen LogP contribution in [-0.4, -0.2) is 17.6 Å². The van der Waals surface area contributed by atoms with E-state index in [2.05, 4.69) is 29.4 Å². The Morgan fingerprint density at radius 1 is 1.15 bits per heavy atom. The van der Waals surface area contributed by atoms with Gasteiger partial charge in [-0.1, -0.05) is 30.7 Å². The van der Waals surface area contributed by atoms with Crippen molar-refractivity contribution in [3.05, 3.63) is 64.3 Å². The number of fused-ring (bicyclic) bond motifs is 1. The van der Waals surface area contributed by atoms with E-state index >= 15 is 0 Å². The molecule has 1 heterocycles. The fourth-order valence-electron chi connectivity index (χ4n) is 2.85. The minimum Gasteiger partial charge on any atom is -0.462 e. The normalized spacial score (nSPS) is 10.8. The smallest absolute Gasteiger partial charge is 0.341 e. The van der Waals surface area contributed by atoms with Crippen LogP contribution >= 0.6 is 11.6 Å². The molecule has 0 aliphatic heterocycles. The summed E-state index contributed by atoms with van der Waals surface area (Å²) in [5, 5.41) is 4.84. The van der Waals surface area contributed by atoms with Crippen molar-refractivity contribution in [2.24, 2.45) is 0 Å². The minimum absolute atomic E-state index is 0.307. The number of benzene rings is 2. The number of halogens is 1. The average molecular weight is 369 g/mol. The molecule has 0 saturated heterocycles. The van der Waals surface area contributed by atoms with Crippen molar-refractivity contribution in [3.8, 4) is 0 Å². The van der Waals surface area contributed by atoms with Crippen LogP contribution in [-0.2, 0) is 11.2 Å². The van der Waals surface area contributed by atoms with E-state index in [9.17, 15) is 4.79 Å². The Morgan fingerprint density at radius 3 is 2.54 bits per heavy atom. The molecule has 2 aromatic carbocycles. The van der Waals surface area contributed by atoms with Crippen LogP contribution in [0.1, 0.15) is 35.3 Å². The molecule has 0 unspecified atom stereocenters. The topological polar surface area (TPSA) is 51.2 Å². The van der Waals surface area contributed by atoms with Gasteiger partial charge in [0.15, 0.2) is 0 Å². The van der Waals surface area contributed by atoms with E-state index in [1.54, 1.807) is 13.1 Å². The van der Waals surface area contributed by atoms with Crippen LogP contribution < -0.4 is 5.32 Å². The maximum Gasteiger partial charge on any atom is 0.341 e. The van der Waals surface area contributed by atoms with E-state index in [0.717, 1.165) is 28.6 Å². The van der Waals surface area contributed by atoms with Gasteiger partial charge in [0.25, 0.3) is 0 Å². The fourth-order valence-corrected chi connectivity index (χ4v) is 3.00. The largest absolute Gasteiger partial charge is 0.462 e. The Labute approximate surface area is 158 Å². The first kappa shape index (κ1) is 18.2. The van der Waals surface area contributed by atoms with Crippen molar-refractivity contribution < 1.29 is 9.53 Å². The van der Waals surface area contributed by atoms with E-state index < -0.39 is 5.97 Å². The van der Waals surface area contributed by atoms with Crippen LogP contribution in [0, 0.1) is 6.92 Å². The molecule has 0 radical (unpaired) electrons. The third kappa shape index (κ3) is 3.51. The maximum absolute atomic E-state index is 12.4. The van der Waals surface area contributed by atoms with Gasteiger partial charge in [-0.2, -0.15) is 0 Å². The Hall–Kier alpha value is -2.59. The van der Waals surface area contributed by atoms with Crippen molar-refractivity contribution in [2.75, 3.05) is 11.9 Å². The van der Waals surface area contributed by atoms with Crippen molar-refractivity contribution in [3.63, 3.8) is 0 Å². The number of esters is 1. The number of nitrogens with one attached hydrogen (secondary N) is 1. The van der Waals surface area contributed by atoms with Crippen LogP contribution in [0.15, 0.2) is 42.6 Å². The summed E-state index contributed by atoms with van der Waals surface area (Å²) in [7, 11) is 0. The predicted octanol–water partition coefficient (Wildman–Crippen LogP) is 5.68.